The van der Waals surface area contributed by atoms with Crippen molar-refractivity contribution in [1.82, 2.24) is 5.32 Å². The molecule has 1 rings (SSSR count). The average Bonchev–Trinajstić information content (AvgIpc) is 2.57. The first-order valence-corrected chi connectivity index (χ1v) is 6.72. The van der Waals surface area contributed by atoms with Gasteiger partial charge in [0, 0.05) is 5.56 Å². The van der Waals surface area contributed by atoms with Gasteiger partial charge in [-0.15, -0.1) is 0 Å². The molecule has 0 aromatic heterocycles. The molecule has 1 aromatic rings. The summed E-state index contributed by atoms with van der Waals surface area (Å²) in [6.07, 6.45) is 0. The van der Waals surface area contributed by atoms with E-state index in [0.29, 0.717) is 5.56 Å². The predicted molar refractivity (Wildman–Crippen MR) is 79.7 cm³/mol. The summed E-state index contributed by atoms with van der Waals surface area (Å²) in [4.78, 5) is 34.2. The summed E-state index contributed by atoms with van der Waals surface area (Å²) in [5.74, 6) is -0.952. The van der Waals surface area contributed by atoms with Gasteiger partial charge in [0.05, 0.1) is 20.8 Å². The fraction of sp³-hybridized carbons (Fsp3) is 0.400. The number of rotatable bonds is 9. The zero-order chi connectivity index (χ0) is 17.2. The number of Topliss-reactive ketones (excluding diaryl/α,β-unsaturated/α-hetero) is 1. The van der Waals surface area contributed by atoms with Gasteiger partial charge in [0.25, 0.3) is 0 Å². The highest BCUT2D eigenvalue weighted by molar-refractivity contribution is 5.98. The number of ketones is 1. The summed E-state index contributed by atoms with van der Waals surface area (Å²) in [6, 6.07) is 4.46. The molecule has 0 aliphatic rings. The first-order valence-electron chi connectivity index (χ1n) is 6.72. The number of likely N-dealkylation sites (N-methyl/N-ethyl adjacent to an activating group) is 1. The Morgan fingerprint density at radius 3 is 2.04 bits per heavy atom. The zero-order valence-electron chi connectivity index (χ0n) is 13.2. The number of nitrogens with one attached hydrogen (secondary N) is 1. The van der Waals surface area contributed by atoms with Crippen LogP contribution in [0.1, 0.15) is 10.4 Å². The van der Waals surface area contributed by atoms with Crippen molar-refractivity contribution < 1.29 is 33.3 Å². The van der Waals surface area contributed by atoms with Gasteiger partial charge in [-0.2, -0.15) is 0 Å². The van der Waals surface area contributed by atoms with Crippen molar-refractivity contribution >= 4 is 17.7 Å². The van der Waals surface area contributed by atoms with Crippen LogP contribution in [-0.4, -0.2) is 58.7 Å². The largest absolute Gasteiger partial charge is 0.478 e. The second-order valence-electron chi connectivity index (χ2n) is 4.34. The van der Waals surface area contributed by atoms with Crippen LogP contribution in [0.2, 0.25) is 0 Å². The minimum absolute atomic E-state index is 0.152. The number of methoxy groups -OCH3 is 2. The highest BCUT2D eigenvalue weighted by Crippen LogP contribution is 2.28. The lowest BCUT2D eigenvalue weighted by Crippen LogP contribution is -2.19. The van der Waals surface area contributed by atoms with Crippen LogP contribution in [0.4, 0.5) is 0 Å². The molecule has 8 heteroatoms. The van der Waals surface area contributed by atoms with E-state index in [1.165, 1.54) is 32.4 Å². The number of benzene rings is 1. The normalized spacial score (nSPS) is 9.87. The molecule has 8 nitrogen and oxygen atoms in total. The number of hydrogen-bond acceptors (Lipinski definition) is 8. The van der Waals surface area contributed by atoms with Gasteiger partial charge in [0.1, 0.15) is 0 Å². The lowest BCUT2D eigenvalue weighted by molar-refractivity contribution is -0.144. The van der Waals surface area contributed by atoms with Gasteiger partial charge >= 0.3 is 11.9 Å². The Hall–Kier alpha value is -2.61. The quantitative estimate of drug-likeness (QED) is 0.507. The van der Waals surface area contributed by atoms with E-state index < -0.39 is 11.9 Å². The average molecular weight is 325 g/mol. The summed E-state index contributed by atoms with van der Waals surface area (Å²) in [5.41, 5.74) is 0.379. The molecule has 0 aliphatic heterocycles. The summed E-state index contributed by atoms with van der Waals surface area (Å²) in [6.45, 7) is -0.525. The Labute approximate surface area is 133 Å². The minimum Gasteiger partial charge on any atom is -0.478 e. The molecule has 0 radical (unpaired) electrons. The maximum atomic E-state index is 11.9. The van der Waals surface area contributed by atoms with Crippen molar-refractivity contribution in [2.45, 2.75) is 0 Å². The molecule has 0 spiro atoms. The number of carbonyl (C=O) groups excluding carboxylic acids is 3. The molecule has 1 N–H and O–H groups in total. The van der Waals surface area contributed by atoms with E-state index >= 15 is 0 Å². The Morgan fingerprint density at radius 1 is 0.957 bits per heavy atom. The predicted octanol–water partition coefficient (Wildman–Crippen LogP) is 0.192. The van der Waals surface area contributed by atoms with E-state index in [-0.39, 0.29) is 37.0 Å². The van der Waals surface area contributed by atoms with Crippen LogP contribution >= 0.6 is 0 Å². The van der Waals surface area contributed by atoms with Crippen LogP contribution in [-0.2, 0) is 19.1 Å². The molecular formula is C15H19NO7. The molecule has 1 aromatic carbocycles. The molecule has 0 aliphatic carbocycles. The minimum atomic E-state index is -0.587. The van der Waals surface area contributed by atoms with Crippen molar-refractivity contribution in [2.24, 2.45) is 0 Å². The summed E-state index contributed by atoms with van der Waals surface area (Å²) < 4.78 is 19.5. The molecule has 23 heavy (non-hydrogen) atoms. The van der Waals surface area contributed by atoms with Crippen LogP contribution in [0.3, 0.4) is 0 Å². The van der Waals surface area contributed by atoms with E-state index in [2.05, 4.69) is 14.8 Å². The van der Waals surface area contributed by atoms with Crippen molar-refractivity contribution in [3.63, 3.8) is 0 Å². The van der Waals surface area contributed by atoms with E-state index in [1.807, 2.05) is 0 Å². The topological polar surface area (TPSA) is 100 Å². The van der Waals surface area contributed by atoms with Crippen LogP contribution < -0.4 is 14.8 Å². The molecule has 0 bridgehead atoms. The SMILES string of the molecule is CNCC(=O)c1ccc(OCC(=O)OC)c(OCC(=O)OC)c1. The molecule has 0 amide bonds. The standard InChI is InChI=1S/C15H19NO7/c1-16-7-11(17)10-4-5-12(22-8-14(18)20-2)13(6-10)23-9-15(19)21-3/h4-6,16H,7-9H2,1-3H3. The number of carbonyl (C=O) groups is 3. The lowest BCUT2D eigenvalue weighted by Gasteiger charge is -2.13. The Kier molecular flexibility index (Phi) is 7.55. The summed E-state index contributed by atoms with van der Waals surface area (Å²) in [7, 11) is 4.12. The van der Waals surface area contributed by atoms with Gasteiger partial charge in [0.15, 0.2) is 30.5 Å². The maximum absolute atomic E-state index is 11.9. The molecule has 0 unspecified atom stereocenters. The Balaban J connectivity index is 2.95. The van der Waals surface area contributed by atoms with Gasteiger partial charge in [-0.25, -0.2) is 9.59 Å². The van der Waals surface area contributed by atoms with Crippen LogP contribution in [0.25, 0.3) is 0 Å². The second kappa shape index (κ2) is 9.42. The molecule has 0 heterocycles. The molecule has 0 saturated heterocycles. The summed E-state index contributed by atoms with van der Waals surface area (Å²) >= 11 is 0. The van der Waals surface area contributed by atoms with Gasteiger partial charge in [-0.1, -0.05) is 0 Å². The number of ether oxygens (including phenoxy) is 4. The third-order valence-corrected chi connectivity index (χ3v) is 2.75. The van der Waals surface area contributed by atoms with Crippen molar-refractivity contribution in [3.05, 3.63) is 23.8 Å². The third kappa shape index (κ3) is 5.95. The first-order chi connectivity index (χ1) is 11.0. The Bertz CT molecular complexity index is 571. The van der Waals surface area contributed by atoms with E-state index in [0.717, 1.165) is 0 Å². The van der Waals surface area contributed by atoms with Crippen LogP contribution in [0.5, 0.6) is 11.5 Å². The van der Waals surface area contributed by atoms with Crippen LogP contribution in [0, 0.1) is 0 Å². The molecule has 126 valence electrons. The highest BCUT2D eigenvalue weighted by atomic mass is 16.6. The van der Waals surface area contributed by atoms with E-state index in [4.69, 9.17) is 9.47 Å². The molecule has 0 saturated carbocycles. The first kappa shape index (κ1) is 18.4. The number of esters is 2. The molecule has 0 fully saturated rings. The lowest BCUT2D eigenvalue weighted by atomic mass is 10.1. The fourth-order valence-corrected chi connectivity index (χ4v) is 1.57. The van der Waals surface area contributed by atoms with Crippen molar-refractivity contribution in [3.8, 4) is 11.5 Å². The zero-order valence-corrected chi connectivity index (χ0v) is 13.2. The second-order valence-corrected chi connectivity index (χ2v) is 4.34. The van der Waals surface area contributed by atoms with Gasteiger partial charge in [-0.05, 0) is 25.2 Å². The van der Waals surface area contributed by atoms with Gasteiger partial charge in [0.2, 0.25) is 0 Å². The molecule has 0 atom stereocenters. The van der Waals surface area contributed by atoms with Gasteiger partial charge in [-0.3, -0.25) is 4.79 Å². The summed E-state index contributed by atoms with van der Waals surface area (Å²) in [5, 5.41) is 2.75. The third-order valence-electron chi connectivity index (χ3n) is 2.75. The highest BCUT2D eigenvalue weighted by Gasteiger charge is 2.14. The maximum Gasteiger partial charge on any atom is 0.343 e. The smallest absolute Gasteiger partial charge is 0.343 e. The van der Waals surface area contributed by atoms with E-state index in [1.54, 1.807) is 7.05 Å². The van der Waals surface area contributed by atoms with E-state index in [9.17, 15) is 14.4 Å². The Morgan fingerprint density at radius 2 is 1.52 bits per heavy atom. The molecular weight excluding hydrogens is 306 g/mol. The number of hydrogen-bond donors (Lipinski definition) is 1. The van der Waals surface area contributed by atoms with Gasteiger partial charge < -0.3 is 24.3 Å². The van der Waals surface area contributed by atoms with Crippen LogP contribution in [0.15, 0.2) is 18.2 Å². The fourth-order valence-electron chi connectivity index (χ4n) is 1.57. The van der Waals surface area contributed by atoms with Crippen molar-refractivity contribution in [2.75, 3.05) is 41.0 Å². The van der Waals surface area contributed by atoms with Crippen molar-refractivity contribution in [1.29, 1.82) is 0 Å². The monoisotopic (exact) mass is 325 g/mol.